The van der Waals surface area contributed by atoms with E-state index in [1.165, 1.54) is 11.5 Å². The fourth-order valence-electron chi connectivity index (χ4n) is 1.39. The van der Waals surface area contributed by atoms with Gasteiger partial charge in [0, 0.05) is 20.0 Å². The highest BCUT2D eigenvalue weighted by Gasteiger charge is 2.09. The highest BCUT2D eigenvalue weighted by molar-refractivity contribution is 7.99. The van der Waals surface area contributed by atoms with E-state index in [9.17, 15) is 0 Å². The van der Waals surface area contributed by atoms with Crippen molar-refractivity contribution in [1.29, 1.82) is 0 Å². The first-order valence-electron chi connectivity index (χ1n) is 5.08. The maximum Gasteiger partial charge on any atom is 0.153 e. The number of nitrogens with one attached hydrogen (secondary N) is 1. The molecule has 0 aliphatic carbocycles. The molecule has 0 spiro atoms. The lowest BCUT2D eigenvalue weighted by atomic mass is 10.4. The van der Waals surface area contributed by atoms with Gasteiger partial charge < -0.3 is 11.1 Å². The van der Waals surface area contributed by atoms with Crippen molar-refractivity contribution in [2.45, 2.75) is 11.3 Å². The predicted molar refractivity (Wildman–Crippen MR) is 71.5 cm³/mol. The predicted octanol–water partition coefficient (Wildman–Crippen LogP) is 1.23. The molecule has 2 rings (SSSR count). The molecule has 0 aromatic carbocycles. The van der Waals surface area contributed by atoms with Gasteiger partial charge in [0.25, 0.3) is 0 Å². The molecule has 0 amide bonds. The fourth-order valence-corrected chi connectivity index (χ4v) is 2.96. The van der Waals surface area contributed by atoms with E-state index in [4.69, 9.17) is 5.73 Å². The number of anilines is 2. The summed E-state index contributed by atoms with van der Waals surface area (Å²) in [6, 6.07) is 0. The molecule has 17 heavy (non-hydrogen) atoms. The summed E-state index contributed by atoms with van der Waals surface area (Å²) < 4.78 is 5.82. The van der Waals surface area contributed by atoms with Crippen molar-refractivity contribution in [3.63, 3.8) is 0 Å². The van der Waals surface area contributed by atoms with Crippen molar-refractivity contribution in [3.05, 3.63) is 12.2 Å². The van der Waals surface area contributed by atoms with Crippen molar-refractivity contribution in [3.8, 4) is 0 Å². The molecule has 0 saturated carbocycles. The molecule has 0 aliphatic rings. The summed E-state index contributed by atoms with van der Waals surface area (Å²) >= 11 is 2.99. The average molecular weight is 270 g/mol. The minimum absolute atomic E-state index is 0.598. The Labute approximate surface area is 108 Å². The molecule has 92 valence electrons. The van der Waals surface area contributed by atoms with Gasteiger partial charge in [-0.05, 0) is 17.8 Å². The molecular weight excluding hydrogens is 256 g/mol. The molecule has 0 radical (unpaired) electrons. The van der Waals surface area contributed by atoms with E-state index in [1.807, 2.05) is 13.3 Å². The van der Waals surface area contributed by atoms with Crippen molar-refractivity contribution in [1.82, 2.24) is 19.1 Å². The molecule has 2 aromatic heterocycles. The number of hydrogen-bond donors (Lipinski definition) is 2. The minimum Gasteiger partial charge on any atom is -0.382 e. The first kappa shape index (κ1) is 12.2. The van der Waals surface area contributed by atoms with Crippen LogP contribution < -0.4 is 11.1 Å². The molecule has 0 fully saturated rings. The van der Waals surface area contributed by atoms with Crippen molar-refractivity contribution < 1.29 is 0 Å². The molecule has 0 aliphatic heterocycles. The molecule has 0 atom stereocenters. The highest BCUT2D eigenvalue weighted by Crippen LogP contribution is 2.34. The molecule has 0 saturated heterocycles. The second-order valence-corrected chi connectivity index (χ2v) is 5.03. The van der Waals surface area contributed by atoms with E-state index in [-0.39, 0.29) is 0 Å². The lowest BCUT2D eigenvalue weighted by molar-refractivity contribution is 0.742. The van der Waals surface area contributed by atoms with Crippen LogP contribution in [-0.2, 0) is 13.5 Å². The van der Waals surface area contributed by atoms with Crippen LogP contribution in [0.1, 0.15) is 5.82 Å². The summed E-state index contributed by atoms with van der Waals surface area (Å²) in [6.07, 6.45) is 4.48. The van der Waals surface area contributed by atoms with E-state index >= 15 is 0 Å². The van der Waals surface area contributed by atoms with Crippen LogP contribution in [0.15, 0.2) is 11.2 Å². The third-order valence-electron chi connectivity index (χ3n) is 2.16. The Kier molecular flexibility index (Phi) is 3.85. The van der Waals surface area contributed by atoms with Crippen LogP contribution in [0.5, 0.6) is 0 Å². The van der Waals surface area contributed by atoms with E-state index < -0.39 is 0 Å². The Morgan fingerprint density at radius 3 is 3.06 bits per heavy atom. The molecule has 0 unspecified atom stereocenters. The van der Waals surface area contributed by atoms with E-state index in [0.29, 0.717) is 5.82 Å². The lowest BCUT2D eigenvalue weighted by Crippen LogP contribution is -2.06. The molecule has 2 heterocycles. The van der Waals surface area contributed by atoms with E-state index in [1.54, 1.807) is 22.8 Å². The monoisotopic (exact) mass is 270 g/mol. The third kappa shape index (κ3) is 2.89. The SMILES string of the molecule is CSc1c(N)nsc1NCCc1ncn(C)n1. The van der Waals surface area contributed by atoms with E-state index in [2.05, 4.69) is 19.8 Å². The smallest absolute Gasteiger partial charge is 0.153 e. The summed E-state index contributed by atoms with van der Waals surface area (Å²) in [5.74, 6) is 1.43. The van der Waals surface area contributed by atoms with Gasteiger partial charge in [-0.2, -0.15) is 9.47 Å². The standard InChI is InChI=1S/C9H14N6S2/c1-15-5-12-6(13-15)3-4-11-9-7(16-2)8(10)14-17-9/h5,11H,3-4H2,1-2H3,(H2,10,14). The normalized spacial score (nSPS) is 10.7. The third-order valence-corrected chi connectivity index (χ3v) is 3.93. The summed E-state index contributed by atoms with van der Waals surface area (Å²) in [7, 11) is 1.86. The van der Waals surface area contributed by atoms with Crippen LogP contribution in [-0.4, -0.2) is 31.9 Å². The topological polar surface area (TPSA) is 81.6 Å². The van der Waals surface area contributed by atoms with Crippen molar-refractivity contribution in [2.24, 2.45) is 7.05 Å². The Balaban J connectivity index is 1.89. The molecule has 3 N–H and O–H groups in total. The minimum atomic E-state index is 0.598. The second-order valence-electron chi connectivity index (χ2n) is 3.44. The lowest BCUT2D eigenvalue weighted by Gasteiger charge is -2.03. The van der Waals surface area contributed by atoms with Crippen LogP contribution in [0.3, 0.4) is 0 Å². The van der Waals surface area contributed by atoms with Gasteiger partial charge in [-0.25, -0.2) is 4.98 Å². The van der Waals surface area contributed by atoms with Gasteiger partial charge in [-0.15, -0.1) is 11.8 Å². The molecule has 6 nitrogen and oxygen atoms in total. The molecule has 8 heteroatoms. The zero-order chi connectivity index (χ0) is 12.3. The van der Waals surface area contributed by atoms with Gasteiger partial charge in [0.05, 0.1) is 4.90 Å². The van der Waals surface area contributed by atoms with Gasteiger partial charge in [-0.3, -0.25) is 4.68 Å². The molecule has 0 bridgehead atoms. The summed E-state index contributed by atoms with van der Waals surface area (Å²) in [5.41, 5.74) is 5.75. The van der Waals surface area contributed by atoms with Crippen LogP contribution in [0.4, 0.5) is 10.8 Å². The molecule has 2 aromatic rings. The molecular formula is C9H14N6S2. The number of thioether (sulfide) groups is 1. The number of hydrogen-bond acceptors (Lipinski definition) is 7. The Hall–Kier alpha value is -1.28. The van der Waals surface area contributed by atoms with Gasteiger partial charge >= 0.3 is 0 Å². The maximum absolute atomic E-state index is 5.75. The summed E-state index contributed by atoms with van der Waals surface area (Å²) in [4.78, 5) is 5.18. The first-order valence-corrected chi connectivity index (χ1v) is 7.08. The number of nitrogens with zero attached hydrogens (tertiary/aromatic N) is 4. The highest BCUT2D eigenvalue weighted by atomic mass is 32.2. The van der Waals surface area contributed by atoms with E-state index in [0.717, 1.165) is 28.7 Å². The van der Waals surface area contributed by atoms with Gasteiger partial charge in [-0.1, -0.05) is 0 Å². The number of rotatable bonds is 5. The maximum atomic E-state index is 5.75. The first-order chi connectivity index (χ1) is 8.20. The zero-order valence-corrected chi connectivity index (χ0v) is 11.3. The van der Waals surface area contributed by atoms with Crippen molar-refractivity contribution >= 4 is 34.1 Å². The zero-order valence-electron chi connectivity index (χ0n) is 9.67. The van der Waals surface area contributed by atoms with Crippen LogP contribution in [0.25, 0.3) is 0 Å². The quantitative estimate of drug-likeness (QED) is 0.795. The van der Waals surface area contributed by atoms with Crippen molar-refractivity contribution in [2.75, 3.05) is 23.9 Å². The Bertz CT molecular complexity index is 491. The summed E-state index contributed by atoms with van der Waals surface area (Å²) in [5, 5.41) is 8.54. The van der Waals surface area contributed by atoms with Crippen LogP contribution in [0.2, 0.25) is 0 Å². The van der Waals surface area contributed by atoms with Gasteiger partial charge in [0.2, 0.25) is 0 Å². The van der Waals surface area contributed by atoms with Gasteiger partial charge in [0.15, 0.2) is 11.6 Å². The number of aromatic nitrogens is 4. The number of nitrogen functional groups attached to an aromatic ring is 1. The number of nitrogens with two attached hydrogens (primary N) is 1. The largest absolute Gasteiger partial charge is 0.382 e. The Morgan fingerprint density at radius 2 is 2.41 bits per heavy atom. The van der Waals surface area contributed by atoms with Crippen LogP contribution in [0, 0.1) is 0 Å². The summed E-state index contributed by atoms with van der Waals surface area (Å²) in [6.45, 7) is 0.777. The van der Waals surface area contributed by atoms with Crippen LogP contribution >= 0.6 is 23.3 Å². The Morgan fingerprint density at radius 1 is 1.59 bits per heavy atom. The number of aryl methyl sites for hydroxylation is 1. The second kappa shape index (κ2) is 5.37. The average Bonchev–Trinajstić information content (AvgIpc) is 2.86. The fraction of sp³-hybridized carbons (Fsp3) is 0.444. The van der Waals surface area contributed by atoms with Gasteiger partial charge in [0.1, 0.15) is 11.3 Å².